The lowest BCUT2D eigenvalue weighted by Crippen LogP contribution is -2.11. The maximum Gasteiger partial charge on any atom is 0.0820 e. The molecular formula is C15H22O. The minimum absolute atomic E-state index is 0.259. The summed E-state index contributed by atoms with van der Waals surface area (Å²) >= 11 is 0. The topological polar surface area (TPSA) is 20.2 Å². The van der Waals surface area contributed by atoms with Gasteiger partial charge < -0.3 is 5.11 Å². The number of rotatable bonds is 2. The van der Waals surface area contributed by atoms with Crippen molar-refractivity contribution in [1.82, 2.24) is 0 Å². The van der Waals surface area contributed by atoms with Gasteiger partial charge in [-0.25, -0.2) is 0 Å². The molecule has 1 aliphatic carbocycles. The molecule has 16 heavy (non-hydrogen) atoms. The lowest BCUT2D eigenvalue weighted by atomic mass is 9.89. The van der Waals surface area contributed by atoms with E-state index in [-0.39, 0.29) is 6.10 Å². The van der Waals surface area contributed by atoms with Crippen molar-refractivity contribution in [2.45, 2.75) is 46.1 Å². The number of hydrogen-bond donors (Lipinski definition) is 1. The Kier molecular flexibility index (Phi) is 3.34. The molecule has 3 unspecified atom stereocenters. The van der Waals surface area contributed by atoms with E-state index in [1.807, 2.05) is 0 Å². The summed E-state index contributed by atoms with van der Waals surface area (Å²) in [6.07, 6.45) is 3.36. The second-order valence-electron chi connectivity index (χ2n) is 5.41. The molecule has 1 fully saturated rings. The van der Waals surface area contributed by atoms with E-state index in [4.69, 9.17) is 0 Å². The highest BCUT2D eigenvalue weighted by Crippen LogP contribution is 2.39. The summed E-state index contributed by atoms with van der Waals surface area (Å²) in [5, 5.41) is 10.4. The minimum Gasteiger partial charge on any atom is -0.388 e. The number of aryl methyl sites for hydroxylation is 1. The molecule has 1 heteroatoms. The highest BCUT2D eigenvalue weighted by atomic mass is 16.3. The fourth-order valence-electron chi connectivity index (χ4n) is 2.89. The van der Waals surface area contributed by atoms with Gasteiger partial charge in [0.1, 0.15) is 0 Å². The summed E-state index contributed by atoms with van der Waals surface area (Å²) in [5.41, 5.74) is 3.68. The van der Waals surface area contributed by atoms with E-state index >= 15 is 0 Å². The third kappa shape index (κ3) is 2.15. The Balaban J connectivity index is 2.20. The predicted molar refractivity (Wildman–Crippen MR) is 67.4 cm³/mol. The van der Waals surface area contributed by atoms with E-state index in [1.165, 1.54) is 30.4 Å². The Morgan fingerprint density at radius 1 is 1.25 bits per heavy atom. The van der Waals surface area contributed by atoms with Crippen LogP contribution in [0.3, 0.4) is 0 Å². The van der Waals surface area contributed by atoms with Gasteiger partial charge in [0.2, 0.25) is 0 Å². The summed E-state index contributed by atoms with van der Waals surface area (Å²) in [6.45, 7) is 6.52. The fraction of sp³-hybridized carbons (Fsp3) is 0.600. The molecule has 2 rings (SSSR count). The van der Waals surface area contributed by atoms with Crippen LogP contribution in [0, 0.1) is 25.7 Å². The molecule has 0 radical (unpaired) electrons. The van der Waals surface area contributed by atoms with Gasteiger partial charge in [0, 0.05) is 0 Å². The average molecular weight is 218 g/mol. The van der Waals surface area contributed by atoms with Crippen LogP contribution in [0.4, 0.5) is 0 Å². The summed E-state index contributed by atoms with van der Waals surface area (Å²) in [6, 6.07) is 6.25. The smallest absolute Gasteiger partial charge is 0.0820 e. The van der Waals surface area contributed by atoms with Gasteiger partial charge >= 0.3 is 0 Å². The Morgan fingerprint density at radius 3 is 2.62 bits per heavy atom. The van der Waals surface area contributed by atoms with Crippen LogP contribution >= 0.6 is 0 Å². The fourth-order valence-corrected chi connectivity index (χ4v) is 2.89. The average Bonchev–Trinajstić information content (AvgIpc) is 2.68. The molecule has 0 heterocycles. The maximum absolute atomic E-state index is 10.4. The monoisotopic (exact) mass is 218 g/mol. The van der Waals surface area contributed by atoms with Crippen LogP contribution in [0.25, 0.3) is 0 Å². The zero-order valence-corrected chi connectivity index (χ0v) is 10.5. The van der Waals surface area contributed by atoms with E-state index in [0.717, 1.165) is 11.5 Å². The Bertz CT molecular complexity index is 370. The predicted octanol–water partition coefficient (Wildman–Crippen LogP) is 3.77. The summed E-state index contributed by atoms with van der Waals surface area (Å²) in [7, 11) is 0. The van der Waals surface area contributed by atoms with Crippen LogP contribution in [0.5, 0.6) is 0 Å². The first-order valence-corrected chi connectivity index (χ1v) is 6.33. The number of aliphatic hydroxyl groups is 1. The summed E-state index contributed by atoms with van der Waals surface area (Å²) < 4.78 is 0. The molecule has 0 spiro atoms. The second-order valence-corrected chi connectivity index (χ2v) is 5.41. The third-order valence-electron chi connectivity index (χ3n) is 4.15. The van der Waals surface area contributed by atoms with E-state index in [9.17, 15) is 5.11 Å². The molecule has 1 aromatic rings. The van der Waals surface area contributed by atoms with Gasteiger partial charge in [-0.05, 0) is 55.2 Å². The highest BCUT2D eigenvalue weighted by molar-refractivity contribution is 5.34. The molecule has 0 saturated heterocycles. The van der Waals surface area contributed by atoms with E-state index in [1.54, 1.807) is 0 Å². The number of aliphatic hydroxyl groups excluding tert-OH is 1. The third-order valence-corrected chi connectivity index (χ3v) is 4.15. The van der Waals surface area contributed by atoms with Crippen molar-refractivity contribution in [3.8, 4) is 0 Å². The molecule has 1 aliphatic rings. The van der Waals surface area contributed by atoms with Gasteiger partial charge in [-0.1, -0.05) is 31.5 Å². The van der Waals surface area contributed by atoms with Crippen LogP contribution in [0.2, 0.25) is 0 Å². The largest absolute Gasteiger partial charge is 0.388 e. The van der Waals surface area contributed by atoms with E-state index in [0.29, 0.717) is 5.92 Å². The summed E-state index contributed by atoms with van der Waals surface area (Å²) in [4.78, 5) is 0. The van der Waals surface area contributed by atoms with Crippen LogP contribution in [0.15, 0.2) is 18.2 Å². The second kappa shape index (κ2) is 4.58. The van der Waals surface area contributed by atoms with Crippen molar-refractivity contribution in [1.29, 1.82) is 0 Å². The van der Waals surface area contributed by atoms with Crippen molar-refractivity contribution >= 4 is 0 Å². The van der Waals surface area contributed by atoms with Crippen LogP contribution in [0.1, 0.15) is 49.0 Å². The van der Waals surface area contributed by atoms with Crippen molar-refractivity contribution < 1.29 is 5.11 Å². The highest BCUT2D eigenvalue weighted by Gasteiger charge is 2.29. The normalized spacial score (nSPS) is 27.0. The van der Waals surface area contributed by atoms with Gasteiger partial charge in [0.05, 0.1) is 6.10 Å². The molecule has 0 bridgehead atoms. The molecule has 3 atom stereocenters. The van der Waals surface area contributed by atoms with Gasteiger partial charge in [-0.3, -0.25) is 0 Å². The standard InChI is InChI=1S/C15H22O/c1-10-7-8-13(9-10)15(16)14-6-4-5-11(2)12(14)3/h4-6,10,13,15-16H,7-9H2,1-3H3. The van der Waals surface area contributed by atoms with Crippen molar-refractivity contribution in [2.24, 2.45) is 11.8 Å². The molecule has 1 N–H and O–H groups in total. The first kappa shape index (κ1) is 11.7. The molecule has 0 aliphatic heterocycles. The van der Waals surface area contributed by atoms with Crippen LogP contribution < -0.4 is 0 Å². The van der Waals surface area contributed by atoms with Crippen molar-refractivity contribution in [3.05, 3.63) is 34.9 Å². The molecule has 0 amide bonds. The Hall–Kier alpha value is -0.820. The number of hydrogen-bond acceptors (Lipinski definition) is 1. The van der Waals surface area contributed by atoms with Crippen LogP contribution in [-0.4, -0.2) is 5.11 Å². The quantitative estimate of drug-likeness (QED) is 0.801. The van der Waals surface area contributed by atoms with Gasteiger partial charge in [-0.2, -0.15) is 0 Å². The van der Waals surface area contributed by atoms with Gasteiger partial charge in [0.15, 0.2) is 0 Å². The van der Waals surface area contributed by atoms with E-state index in [2.05, 4.69) is 39.0 Å². The molecular weight excluding hydrogens is 196 g/mol. The first-order valence-electron chi connectivity index (χ1n) is 6.33. The maximum atomic E-state index is 10.4. The van der Waals surface area contributed by atoms with Crippen molar-refractivity contribution in [3.63, 3.8) is 0 Å². The summed E-state index contributed by atoms with van der Waals surface area (Å²) in [5.74, 6) is 1.25. The molecule has 0 aromatic heterocycles. The molecule has 1 saturated carbocycles. The lowest BCUT2D eigenvalue weighted by molar-refractivity contribution is 0.109. The first-order chi connectivity index (χ1) is 7.59. The van der Waals surface area contributed by atoms with Gasteiger partial charge in [-0.15, -0.1) is 0 Å². The zero-order chi connectivity index (χ0) is 11.7. The van der Waals surface area contributed by atoms with Gasteiger partial charge in [0.25, 0.3) is 0 Å². The zero-order valence-electron chi connectivity index (χ0n) is 10.5. The Morgan fingerprint density at radius 2 is 2.00 bits per heavy atom. The van der Waals surface area contributed by atoms with Crippen LogP contribution in [-0.2, 0) is 0 Å². The molecule has 1 aromatic carbocycles. The van der Waals surface area contributed by atoms with E-state index < -0.39 is 0 Å². The number of benzene rings is 1. The molecule has 1 nitrogen and oxygen atoms in total. The minimum atomic E-state index is -0.259. The molecule has 88 valence electrons. The lowest BCUT2D eigenvalue weighted by Gasteiger charge is -2.21. The van der Waals surface area contributed by atoms with Crippen molar-refractivity contribution in [2.75, 3.05) is 0 Å². The SMILES string of the molecule is Cc1cccc(C(O)C2CCC(C)C2)c1C. The Labute approximate surface area is 98.5 Å².